The van der Waals surface area contributed by atoms with E-state index < -0.39 is 23.5 Å². The molecule has 0 saturated heterocycles. The first-order chi connectivity index (χ1) is 8.45. The van der Waals surface area contributed by atoms with Crippen LogP contribution in [0.25, 0.3) is 0 Å². The van der Waals surface area contributed by atoms with Gasteiger partial charge < -0.3 is 15.5 Å². The number of hydrogen-bond donors (Lipinski definition) is 3. The van der Waals surface area contributed by atoms with Crippen LogP contribution in [0.4, 0.5) is 5.69 Å². The van der Waals surface area contributed by atoms with Crippen molar-refractivity contribution in [3.8, 4) is 0 Å². The van der Waals surface area contributed by atoms with Crippen LogP contribution in [0.2, 0.25) is 5.02 Å². The molecule has 98 valence electrons. The Hall–Kier alpha value is -1.70. The molecule has 0 aromatic heterocycles. The summed E-state index contributed by atoms with van der Waals surface area (Å²) in [6.45, 7) is -0.592. The van der Waals surface area contributed by atoms with Gasteiger partial charge in [-0.1, -0.05) is 11.6 Å². The highest BCUT2D eigenvalue weighted by molar-refractivity contribution is 6.33. The summed E-state index contributed by atoms with van der Waals surface area (Å²) in [7, 11) is 0. The van der Waals surface area contributed by atoms with Crippen molar-refractivity contribution in [2.24, 2.45) is 0 Å². The van der Waals surface area contributed by atoms with Gasteiger partial charge in [-0.3, -0.25) is 14.9 Å². The molecule has 7 nitrogen and oxygen atoms in total. The second-order valence-electron chi connectivity index (χ2n) is 3.47. The number of benzene rings is 1. The molecule has 0 bridgehead atoms. The second-order valence-corrected chi connectivity index (χ2v) is 3.88. The Bertz CT molecular complexity index is 466. The van der Waals surface area contributed by atoms with E-state index >= 15 is 0 Å². The number of aliphatic hydroxyl groups excluding tert-OH is 2. The minimum atomic E-state index is -1.05. The summed E-state index contributed by atoms with van der Waals surface area (Å²) in [5, 5.41) is 30.3. The molecule has 0 spiro atoms. The van der Waals surface area contributed by atoms with Gasteiger partial charge in [0.25, 0.3) is 11.6 Å². The fourth-order valence-corrected chi connectivity index (χ4v) is 1.42. The Morgan fingerprint density at radius 2 is 2.22 bits per heavy atom. The monoisotopic (exact) mass is 274 g/mol. The van der Waals surface area contributed by atoms with Crippen LogP contribution in [0.1, 0.15) is 10.4 Å². The Kier molecular flexibility index (Phi) is 5.02. The zero-order chi connectivity index (χ0) is 13.7. The number of aliphatic hydroxyl groups is 2. The van der Waals surface area contributed by atoms with Gasteiger partial charge in [-0.2, -0.15) is 0 Å². The van der Waals surface area contributed by atoms with Crippen LogP contribution in [0.5, 0.6) is 0 Å². The third-order valence-electron chi connectivity index (χ3n) is 2.12. The minimum Gasteiger partial charge on any atom is -0.394 e. The van der Waals surface area contributed by atoms with Crippen LogP contribution in [0, 0.1) is 10.1 Å². The zero-order valence-electron chi connectivity index (χ0n) is 9.17. The Morgan fingerprint density at radius 3 is 2.72 bits per heavy atom. The molecule has 1 aromatic rings. The van der Waals surface area contributed by atoms with E-state index in [9.17, 15) is 14.9 Å². The summed E-state index contributed by atoms with van der Waals surface area (Å²) in [4.78, 5) is 21.4. The first-order valence-corrected chi connectivity index (χ1v) is 5.34. The predicted molar refractivity (Wildman–Crippen MR) is 63.5 cm³/mol. The van der Waals surface area contributed by atoms with Crippen LogP contribution in [0.15, 0.2) is 18.2 Å². The normalized spacial score (nSPS) is 11.9. The molecule has 0 heterocycles. The van der Waals surface area contributed by atoms with Gasteiger partial charge >= 0.3 is 0 Å². The molecule has 8 heteroatoms. The molecular weight excluding hydrogens is 264 g/mol. The highest BCUT2D eigenvalue weighted by Crippen LogP contribution is 2.24. The molecule has 0 aliphatic heterocycles. The first-order valence-electron chi connectivity index (χ1n) is 4.96. The highest BCUT2D eigenvalue weighted by atomic mass is 35.5. The topological polar surface area (TPSA) is 113 Å². The van der Waals surface area contributed by atoms with Crippen LogP contribution >= 0.6 is 11.6 Å². The number of hydrogen-bond acceptors (Lipinski definition) is 5. The van der Waals surface area contributed by atoms with Crippen LogP contribution in [-0.2, 0) is 0 Å². The molecule has 0 aliphatic carbocycles. The van der Waals surface area contributed by atoms with E-state index in [0.29, 0.717) is 0 Å². The molecule has 1 rings (SSSR count). The lowest BCUT2D eigenvalue weighted by Gasteiger charge is -2.09. The summed E-state index contributed by atoms with van der Waals surface area (Å²) in [6.07, 6.45) is -1.05. The Labute approximate surface area is 107 Å². The number of nitrogens with zero attached hydrogens (tertiary/aromatic N) is 1. The molecule has 1 amide bonds. The summed E-state index contributed by atoms with van der Waals surface area (Å²) in [5.74, 6) is -0.542. The number of rotatable bonds is 5. The molecule has 1 atom stereocenters. The number of carbonyl (C=O) groups is 1. The van der Waals surface area contributed by atoms with E-state index in [-0.39, 0.29) is 22.8 Å². The molecule has 18 heavy (non-hydrogen) atoms. The van der Waals surface area contributed by atoms with Gasteiger partial charge in [-0.05, 0) is 12.1 Å². The van der Waals surface area contributed by atoms with E-state index in [1.54, 1.807) is 0 Å². The van der Waals surface area contributed by atoms with Gasteiger partial charge in [-0.25, -0.2) is 0 Å². The SMILES string of the molecule is O=C(NCC(O)CO)c1ccc([N+](=O)[O-])c(Cl)c1. The lowest BCUT2D eigenvalue weighted by Crippen LogP contribution is -2.33. The summed E-state index contributed by atoms with van der Waals surface area (Å²) < 4.78 is 0. The molecule has 0 saturated carbocycles. The molecule has 0 aliphatic rings. The third kappa shape index (κ3) is 3.66. The lowest BCUT2D eigenvalue weighted by atomic mass is 10.2. The summed E-state index contributed by atoms with van der Waals surface area (Å²) in [5.41, 5.74) is -0.153. The van der Waals surface area contributed by atoms with Gasteiger partial charge in [0.1, 0.15) is 5.02 Å². The number of nitro benzene ring substituents is 1. The maximum Gasteiger partial charge on any atom is 0.287 e. The van der Waals surface area contributed by atoms with Gasteiger partial charge in [0.2, 0.25) is 0 Å². The largest absolute Gasteiger partial charge is 0.394 e. The van der Waals surface area contributed by atoms with Gasteiger partial charge in [0, 0.05) is 18.2 Å². The van der Waals surface area contributed by atoms with Gasteiger partial charge in [0.05, 0.1) is 17.6 Å². The summed E-state index contributed by atoms with van der Waals surface area (Å²) >= 11 is 5.65. The van der Waals surface area contributed by atoms with Crippen LogP contribution in [0.3, 0.4) is 0 Å². The Morgan fingerprint density at radius 1 is 1.56 bits per heavy atom. The number of carbonyl (C=O) groups excluding carboxylic acids is 1. The third-order valence-corrected chi connectivity index (χ3v) is 2.42. The van der Waals surface area contributed by atoms with Crippen molar-refractivity contribution < 1.29 is 19.9 Å². The lowest BCUT2D eigenvalue weighted by molar-refractivity contribution is -0.384. The van der Waals surface area contributed by atoms with Crippen LogP contribution < -0.4 is 5.32 Å². The fraction of sp³-hybridized carbons (Fsp3) is 0.300. The van der Waals surface area contributed by atoms with Crippen LogP contribution in [-0.4, -0.2) is 40.3 Å². The molecular formula is C10H11ClN2O5. The minimum absolute atomic E-state index is 0.121. The standard InChI is InChI=1S/C10H11ClN2O5/c11-8-3-6(1-2-9(8)13(17)18)10(16)12-4-7(15)5-14/h1-3,7,14-15H,4-5H2,(H,12,16). The average Bonchev–Trinajstić information content (AvgIpc) is 2.34. The molecule has 0 radical (unpaired) electrons. The smallest absolute Gasteiger partial charge is 0.287 e. The first kappa shape index (κ1) is 14.4. The van der Waals surface area contributed by atoms with E-state index in [2.05, 4.69) is 5.32 Å². The highest BCUT2D eigenvalue weighted by Gasteiger charge is 2.15. The van der Waals surface area contributed by atoms with E-state index in [1.165, 1.54) is 12.1 Å². The van der Waals surface area contributed by atoms with E-state index in [1.807, 2.05) is 0 Å². The number of halogens is 1. The quantitative estimate of drug-likeness (QED) is 0.529. The molecule has 1 unspecified atom stereocenters. The fourth-order valence-electron chi connectivity index (χ4n) is 1.17. The number of nitrogens with one attached hydrogen (secondary N) is 1. The number of amides is 1. The van der Waals surface area contributed by atoms with Crippen molar-refractivity contribution in [3.05, 3.63) is 38.9 Å². The van der Waals surface area contributed by atoms with Crippen molar-refractivity contribution in [3.63, 3.8) is 0 Å². The average molecular weight is 275 g/mol. The van der Waals surface area contributed by atoms with E-state index in [4.69, 9.17) is 21.8 Å². The van der Waals surface area contributed by atoms with Crippen molar-refractivity contribution >= 4 is 23.2 Å². The molecule has 3 N–H and O–H groups in total. The second kappa shape index (κ2) is 6.29. The maximum absolute atomic E-state index is 11.6. The van der Waals surface area contributed by atoms with E-state index in [0.717, 1.165) is 6.07 Å². The van der Waals surface area contributed by atoms with Crippen molar-refractivity contribution in [1.29, 1.82) is 0 Å². The summed E-state index contributed by atoms with van der Waals surface area (Å²) in [6, 6.07) is 3.55. The van der Waals surface area contributed by atoms with Crippen molar-refractivity contribution in [2.75, 3.05) is 13.2 Å². The Balaban J connectivity index is 2.76. The van der Waals surface area contributed by atoms with Crippen molar-refractivity contribution in [1.82, 2.24) is 5.32 Å². The van der Waals surface area contributed by atoms with Gasteiger partial charge in [-0.15, -0.1) is 0 Å². The number of nitro groups is 1. The maximum atomic E-state index is 11.6. The van der Waals surface area contributed by atoms with Gasteiger partial charge in [0.15, 0.2) is 0 Å². The van der Waals surface area contributed by atoms with Crippen molar-refractivity contribution in [2.45, 2.75) is 6.10 Å². The molecule has 1 aromatic carbocycles. The molecule has 0 fully saturated rings. The zero-order valence-corrected chi connectivity index (χ0v) is 9.92. The predicted octanol–water partition coefficient (Wildman–Crippen LogP) is 0.331.